The standard InChI is InChI=1S/C47H33N5O.Pd/c1-47(2,3)39-20-13-27-49-46(39)51-40-21-11-10-18-35(40)36-25-23-33(29-41(36)51)53-32-22-24-34-37-19-12-26-48-44(37)52-43(31-16-8-5-9-17-31)42(30-14-6-4-7-15-30)50-45(52)38(34)28-32;/h4-27H,1-3H3;/q-2;+2. The Morgan fingerprint density at radius 2 is 1.22 bits per heavy atom. The maximum Gasteiger partial charge on any atom is 2.00 e. The van der Waals surface area contributed by atoms with E-state index in [2.05, 4.69) is 127 Å². The Morgan fingerprint density at radius 1 is 0.574 bits per heavy atom. The summed E-state index contributed by atoms with van der Waals surface area (Å²) in [5, 5.41) is 5.08. The number of nitrogens with zero attached hydrogens (tertiary/aromatic N) is 5. The first-order valence-corrected chi connectivity index (χ1v) is 17.8. The van der Waals surface area contributed by atoms with Crippen LogP contribution in [0.5, 0.6) is 11.5 Å². The van der Waals surface area contributed by atoms with Crippen molar-refractivity contribution in [2.24, 2.45) is 0 Å². The molecule has 0 aliphatic heterocycles. The molecule has 0 N–H and O–H groups in total. The minimum absolute atomic E-state index is 0. The summed E-state index contributed by atoms with van der Waals surface area (Å²) in [4.78, 5) is 15.2. The molecule has 0 saturated heterocycles. The molecule has 6 nitrogen and oxygen atoms in total. The predicted molar refractivity (Wildman–Crippen MR) is 214 cm³/mol. The number of imidazole rings is 1. The molecule has 0 aliphatic rings. The van der Waals surface area contributed by atoms with Crippen molar-refractivity contribution in [2.75, 3.05) is 0 Å². The van der Waals surface area contributed by atoms with E-state index in [0.29, 0.717) is 11.5 Å². The average molecular weight is 790 g/mol. The third-order valence-electron chi connectivity index (χ3n) is 9.99. The van der Waals surface area contributed by atoms with Crippen LogP contribution in [0.3, 0.4) is 0 Å². The molecule has 5 heterocycles. The van der Waals surface area contributed by atoms with Gasteiger partial charge in [0.1, 0.15) is 11.5 Å². The fraction of sp³-hybridized carbons (Fsp3) is 0.0851. The number of rotatable bonds is 5. The van der Waals surface area contributed by atoms with Gasteiger partial charge in [-0.1, -0.05) is 134 Å². The quantitative estimate of drug-likeness (QED) is 0.0990. The summed E-state index contributed by atoms with van der Waals surface area (Å²) in [6, 6.07) is 52.8. The molecule has 10 rings (SSSR count). The van der Waals surface area contributed by atoms with Crippen molar-refractivity contribution in [2.45, 2.75) is 26.2 Å². The molecular formula is C47H33N5OPd. The summed E-state index contributed by atoms with van der Waals surface area (Å²) >= 11 is 0. The van der Waals surface area contributed by atoms with E-state index < -0.39 is 0 Å². The van der Waals surface area contributed by atoms with Crippen LogP contribution in [0.15, 0.2) is 146 Å². The van der Waals surface area contributed by atoms with Crippen LogP contribution in [0.1, 0.15) is 26.3 Å². The Kier molecular flexibility index (Phi) is 8.15. The summed E-state index contributed by atoms with van der Waals surface area (Å²) < 4.78 is 11.0. The van der Waals surface area contributed by atoms with Crippen molar-refractivity contribution < 1.29 is 25.2 Å². The van der Waals surface area contributed by atoms with E-state index in [-0.39, 0.29) is 25.8 Å². The molecular weight excluding hydrogens is 757 g/mol. The summed E-state index contributed by atoms with van der Waals surface area (Å²) in [6.45, 7) is 6.66. The number of hydrogen-bond acceptors (Lipinski definition) is 4. The van der Waals surface area contributed by atoms with Crippen molar-refractivity contribution in [1.29, 1.82) is 0 Å². The Hall–Kier alpha value is -6.13. The van der Waals surface area contributed by atoms with Gasteiger partial charge in [-0.15, -0.1) is 29.7 Å². The largest absolute Gasteiger partial charge is 2.00 e. The molecule has 0 fully saturated rings. The van der Waals surface area contributed by atoms with E-state index in [1.165, 1.54) is 0 Å². The van der Waals surface area contributed by atoms with E-state index in [4.69, 9.17) is 19.7 Å². The van der Waals surface area contributed by atoms with Gasteiger partial charge in [0.25, 0.3) is 0 Å². The first-order chi connectivity index (χ1) is 25.9. The topological polar surface area (TPSA) is 57.2 Å². The van der Waals surface area contributed by atoms with Crippen LogP contribution in [0, 0.1) is 12.1 Å². The Balaban J connectivity index is 0.00000384. The molecule has 0 radical (unpaired) electrons. The van der Waals surface area contributed by atoms with E-state index in [0.717, 1.165) is 83.2 Å². The zero-order valence-electron chi connectivity index (χ0n) is 29.8. The van der Waals surface area contributed by atoms with Gasteiger partial charge in [-0.3, -0.25) is 4.98 Å². The molecule has 54 heavy (non-hydrogen) atoms. The Morgan fingerprint density at radius 3 is 2.00 bits per heavy atom. The molecule has 5 aromatic carbocycles. The van der Waals surface area contributed by atoms with Gasteiger partial charge >= 0.3 is 20.4 Å². The summed E-state index contributed by atoms with van der Waals surface area (Å²) in [5.41, 5.74) is 8.55. The number of para-hydroxylation sites is 1. The van der Waals surface area contributed by atoms with E-state index in [1.807, 2.05) is 60.9 Å². The van der Waals surface area contributed by atoms with Crippen molar-refractivity contribution in [3.8, 4) is 39.8 Å². The Labute approximate surface area is 326 Å². The SMILES string of the molecule is CC(C)(C)c1cccnc1-n1c2[c-]c(Oc3[c-]c4c(cc3)c3cccnc3n3c(-c5ccccc5)c(-c5ccccc5)nc43)ccc2c2ccccc21.[Pd+2]. The molecule has 5 aromatic heterocycles. The fourth-order valence-electron chi connectivity index (χ4n) is 7.61. The minimum Gasteiger partial charge on any atom is -0.503 e. The van der Waals surface area contributed by atoms with E-state index in [9.17, 15) is 0 Å². The predicted octanol–water partition coefficient (Wildman–Crippen LogP) is 11.5. The maximum atomic E-state index is 6.65. The summed E-state index contributed by atoms with van der Waals surface area (Å²) in [5.74, 6) is 2.05. The van der Waals surface area contributed by atoms with Crippen molar-refractivity contribution in [3.63, 3.8) is 0 Å². The van der Waals surface area contributed by atoms with E-state index in [1.54, 1.807) is 0 Å². The van der Waals surface area contributed by atoms with Gasteiger partial charge in [0, 0.05) is 46.1 Å². The van der Waals surface area contributed by atoms with Gasteiger partial charge in [-0.25, -0.2) is 9.97 Å². The smallest absolute Gasteiger partial charge is 0.503 e. The van der Waals surface area contributed by atoms with Crippen LogP contribution in [-0.4, -0.2) is 23.9 Å². The fourth-order valence-corrected chi connectivity index (χ4v) is 7.61. The van der Waals surface area contributed by atoms with Gasteiger partial charge < -0.3 is 13.7 Å². The number of pyridine rings is 3. The molecule has 0 bridgehead atoms. The van der Waals surface area contributed by atoms with Crippen LogP contribution < -0.4 is 4.74 Å². The van der Waals surface area contributed by atoms with Crippen LogP contribution in [0.2, 0.25) is 0 Å². The van der Waals surface area contributed by atoms with Gasteiger partial charge in [-0.2, -0.15) is 6.07 Å². The minimum atomic E-state index is -0.117. The maximum absolute atomic E-state index is 6.65. The van der Waals surface area contributed by atoms with Gasteiger partial charge in [0.15, 0.2) is 0 Å². The number of fused-ring (bicyclic) bond motifs is 9. The summed E-state index contributed by atoms with van der Waals surface area (Å²) in [7, 11) is 0. The van der Waals surface area contributed by atoms with Gasteiger partial charge in [0.05, 0.1) is 17.0 Å². The first-order valence-electron chi connectivity index (χ1n) is 17.8. The molecule has 262 valence electrons. The monoisotopic (exact) mass is 789 g/mol. The van der Waals surface area contributed by atoms with Crippen LogP contribution in [0.25, 0.3) is 77.6 Å². The number of benzene rings is 5. The van der Waals surface area contributed by atoms with Crippen molar-refractivity contribution in [3.05, 3.63) is 164 Å². The van der Waals surface area contributed by atoms with Crippen LogP contribution >= 0.6 is 0 Å². The second kappa shape index (κ2) is 13.1. The normalized spacial score (nSPS) is 11.8. The molecule has 0 unspecified atom stereocenters. The molecule has 0 aliphatic carbocycles. The second-order valence-corrected chi connectivity index (χ2v) is 14.3. The Bertz CT molecular complexity index is 3020. The molecule has 0 atom stereocenters. The second-order valence-electron chi connectivity index (χ2n) is 14.3. The number of ether oxygens (including phenoxy) is 1. The third-order valence-corrected chi connectivity index (χ3v) is 9.99. The van der Waals surface area contributed by atoms with Crippen LogP contribution in [0.4, 0.5) is 0 Å². The molecule has 0 amide bonds. The van der Waals surface area contributed by atoms with Crippen molar-refractivity contribution in [1.82, 2.24) is 23.9 Å². The molecule has 10 aromatic rings. The van der Waals surface area contributed by atoms with Crippen LogP contribution in [-0.2, 0) is 25.8 Å². The number of aromatic nitrogens is 5. The van der Waals surface area contributed by atoms with Gasteiger partial charge in [0.2, 0.25) is 0 Å². The third kappa shape index (κ3) is 5.39. The van der Waals surface area contributed by atoms with E-state index >= 15 is 0 Å². The van der Waals surface area contributed by atoms with Crippen molar-refractivity contribution >= 4 is 49.3 Å². The molecule has 0 spiro atoms. The zero-order valence-corrected chi connectivity index (χ0v) is 31.4. The zero-order chi connectivity index (χ0) is 35.7. The number of hydrogen-bond donors (Lipinski definition) is 0. The first kappa shape index (κ1) is 33.7. The molecule has 7 heteroatoms. The summed E-state index contributed by atoms with van der Waals surface area (Å²) in [6.07, 6.45) is 3.70. The average Bonchev–Trinajstić information content (AvgIpc) is 3.75. The molecule has 0 saturated carbocycles. The van der Waals surface area contributed by atoms with Gasteiger partial charge in [-0.05, 0) is 34.4 Å².